The van der Waals surface area contributed by atoms with Crippen LogP contribution in [-0.2, 0) is 14.6 Å². The number of sulfone groups is 1. The number of unbranched alkanes of at least 4 members (excludes halogenated alkanes) is 1. The molecule has 0 aliphatic carbocycles. The first kappa shape index (κ1) is 21.2. The van der Waals surface area contributed by atoms with Gasteiger partial charge in [0.05, 0.1) is 11.9 Å². The van der Waals surface area contributed by atoms with Gasteiger partial charge in [-0.25, -0.2) is 8.42 Å². The van der Waals surface area contributed by atoms with Crippen LogP contribution >= 0.6 is 0 Å². The molecule has 1 aromatic rings. The lowest BCUT2D eigenvalue weighted by Crippen LogP contribution is -2.44. The Bertz CT molecular complexity index is 738. The van der Waals surface area contributed by atoms with E-state index in [0.29, 0.717) is 38.1 Å². The molecule has 1 aliphatic rings. The number of rotatable bonds is 8. The van der Waals surface area contributed by atoms with Gasteiger partial charge in [0.1, 0.15) is 11.5 Å². The Hall–Kier alpha value is -2.09. The Kier molecular flexibility index (Phi) is 7.65. The molecule has 2 rings (SSSR count). The minimum absolute atomic E-state index is 0.114. The summed E-state index contributed by atoms with van der Waals surface area (Å²) in [7, 11) is -2.08. The van der Waals surface area contributed by atoms with Gasteiger partial charge in [0.25, 0.3) is 5.91 Å². The number of likely N-dealkylation sites (tertiary alicyclic amines) is 1. The summed E-state index contributed by atoms with van der Waals surface area (Å²) < 4.78 is 30.1. The molecule has 1 saturated heterocycles. The Morgan fingerprint density at radius 3 is 2.37 bits per heavy atom. The van der Waals surface area contributed by atoms with Gasteiger partial charge in [-0.2, -0.15) is 0 Å². The second-order valence-corrected chi connectivity index (χ2v) is 8.98. The molecule has 8 heteroatoms. The van der Waals surface area contributed by atoms with Crippen molar-refractivity contribution in [2.45, 2.75) is 37.9 Å². The summed E-state index contributed by atoms with van der Waals surface area (Å²) in [5.74, 6) is -0.382. The molecule has 0 spiro atoms. The monoisotopic (exact) mass is 396 g/mol. The van der Waals surface area contributed by atoms with Crippen LogP contribution in [0.3, 0.4) is 0 Å². The van der Waals surface area contributed by atoms with Gasteiger partial charge in [0.15, 0.2) is 9.84 Å². The van der Waals surface area contributed by atoms with Crippen LogP contribution in [0.2, 0.25) is 0 Å². The van der Waals surface area contributed by atoms with Gasteiger partial charge in [-0.3, -0.25) is 9.59 Å². The van der Waals surface area contributed by atoms with Gasteiger partial charge in [0, 0.05) is 25.7 Å². The molecule has 1 N–H and O–H groups in total. The Morgan fingerprint density at radius 2 is 1.81 bits per heavy atom. The van der Waals surface area contributed by atoms with Crippen molar-refractivity contribution in [2.75, 3.05) is 32.5 Å². The summed E-state index contributed by atoms with van der Waals surface area (Å²) in [6, 6.07) is 7.03. The standard InChI is InChI=1S/C19H28N2O5S/c1-3-4-13-26-16-7-5-15(6-8-16)19(23)21-11-9-17(10-12-21)27(24,25)14-18(22)20-2/h5-8,17H,3-4,9-14H2,1-2H3,(H,20,22). The molecule has 0 aromatic heterocycles. The van der Waals surface area contributed by atoms with Gasteiger partial charge in [0.2, 0.25) is 5.91 Å². The van der Waals surface area contributed by atoms with Crippen LogP contribution in [0, 0.1) is 0 Å². The molecule has 0 radical (unpaired) electrons. The number of benzene rings is 1. The number of carbonyl (C=O) groups excluding carboxylic acids is 2. The van der Waals surface area contributed by atoms with Crippen molar-refractivity contribution in [2.24, 2.45) is 0 Å². The quantitative estimate of drug-likeness (QED) is 0.674. The lowest BCUT2D eigenvalue weighted by atomic mass is 10.1. The van der Waals surface area contributed by atoms with E-state index >= 15 is 0 Å². The zero-order valence-corrected chi connectivity index (χ0v) is 16.8. The van der Waals surface area contributed by atoms with Crippen LogP contribution < -0.4 is 10.1 Å². The van der Waals surface area contributed by atoms with E-state index in [1.165, 1.54) is 7.05 Å². The lowest BCUT2D eigenvalue weighted by molar-refractivity contribution is -0.118. The van der Waals surface area contributed by atoms with E-state index in [1.54, 1.807) is 29.2 Å². The van der Waals surface area contributed by atoms with E-state index in [0.717, 1.165) is 18.6 Å². The largest absolute Gasteiger partial charge is 0.494 e. The fraction of sp³-hybridized carbons (Fsp3) is 0.579. The van der Waals surface area contributed by atoms with E-state index in [9.17, 15) is 18.0 Å². The highest BCUT2D eigenvalue weighted by Gasteiger charge is 2.33. The highest BCUT2D eigenvalue weighted by Crippen LogP contribution is 2.21. The smallest absolute Gasteiger partial charge is 0.253 e. The normalized spacial score (nSPS) is 15.4. The zero-order valence-electron chi connectivity index (χ0n) is 15.9. The second-order valence-electron chi connectivity index (χ2n) is 6.70. The molecule has 1 heterocycles. The van der Waals surface area contributed by atoms with E-state index in [2.05, 4.69) is 12.2 Å². The van der Waals surface area contributed by atoms with Crippen LogP contribution in [0.1, 0.15) is 43.0 Å². The molecule has 27 heavy (non-hydrogen) atoms. The molecule has 1 fully saturated rings. The zero-order chi connectivity index (χ0) is 19.9. The van der Waals surface area contributed by atoms with Gasteiger partial charge >= 0.3 is 0 Å². The molecule has 0 saturated carbocycles. The van der Waals surface area contributed by atoms with Crippen LogP contribution in [0.5, 0.6) is 5.75 Å². The van der Waals surface area contributed by atoms with Crippen molar-refractivity contribution in [3.63, 3.8) is 0 Å². The summed E-state index contributed by atoms with van der Waals surface area (Å²) in [6.45, 7) is 3.48. The van der Waals surface area contributed by atoms with Crippen molar-refractivity contribution in [1.82, 2.24) is 10.2 Å². The predicted octanol–water partition coefficient (Wildman–Crippen LogP) is 1.63. The van der Waals surface area contributed by atoms with E-state index < -0.39 is 26.7 Å². The van der Waals surface area contributed by atoms with Gasteiger partial charge < -0.3 is 15.0 Å². The SMILES string of the molecule is CCCCOc1ccc(C(=O)N2CCC(S(=O)(=O)CC(=O)NC)CC2)cc1. The minimum atomic E-state index is -3.49. The maximum absolute atomic E-state index is 12.6. The number of hydrogen-bond donors (Lipinski definition) is 1. The molecule has 0 unspecified atom stereocenters. The molecular weight excluding hydrogens is 368 g/mol. The molecule has 0 atom stereocenters. The van der Waals surface area contributed by atoms with Gasteiger partial charge in [-0.15, -0.1) is 0 Å². The Morgan fingerprint density at radius 1 is 1.19 bits per heavy atom. The van der Waals surface area contributed by atoms with Gasteiger partial charge in [-0.05, 0) is 43.5 Å². The molecule has 1 aromatic carbocycles. The first-order valence-electron chi connectivity index (χ1n) is 9.31. The van der Waals surface area contributed by atoms with Gasteiger partial charge in [-0.1, -0.05) is 13.3 Å². The van der Waals surface area contributed by atoms with Crippen molar-refractivity contribution in [1.29, 1.82) is 0 Å². The number of hydrogen-bond acceptors (Lipinski definition) is 5. The summed E-state index contributed by atoms with van der Waals surface area (Å²) in [5, 5.41) is 1.76. The molecular formula is C19H28N2O5S. The number of carbonyl (C=O) groups is 2. The topological polar surface area (TPSA) is 92.8 Å². The third-order valence-corrected chi connectivity index (χ3v) is 6.87. The predicted molar refractivity (Wildman–Crippen MR) is 104 cm³/mol. The number of piperidine rings is 1. The highest BCUT2D eigenvalue weighted by atomic mass is 32.2. The third-order valence-electron chi connectivity index (χ3n) is 4.72. The summed E-state index contributed by atoms with van der Waals surface area (Å²) in [4.78, 5) is 25.7. The Balaban J connectivity index is 1.90. The lowest BCUT2D eigenvalue weighted by Gasteiger charge is -2.31. The van der Waals surface area contributed by atoms with Crippen molar-refractivity contribution >= 4 is 21.7 Å². The van der Waals surface area contributed by atoms with Crippen LogP contribution in [-0.4, -0.2) is 62.9 Å². The number of ether oxygens (including phenoxy) is 1. The first-order valence-corrected chi connectivity index (χ1v) is 11.0. The first-order chi connectivity index (χ1) is 12.9. The van der Waals surface area contributed by atoms with E-state index in [4.69, 9.17) is 4.74 Å². The molecule has 0 bridgehead atoms. The van der Waals surface area contributed by atoms with Crippen LogP contribution in [0.4, 0.5) is 0 Å². The summed E-state index contributed by atoms with van der Waals surface area (Å²) in [5.41, 5.74) is 0.560. The van der Waals surface area contributed by atoms with Crippen molar-refractivity contribution < 1.29 is 22.7 Å². The fourth-order valence-corrected chi connectivity index (χ4v) is 4.68. The van der Waals surface area contributed by atoms with E-state index in [-0.39, 0.29) is 5.91 Å². The number of nitrogens with zero attached hydrogens (tertiary/aromatic N) is 1. The van der Waals surface area contributed by atoms with Crippen molar-refractivity contribution in [3.05, 3.63) is 29.8 Å². The highest BCUT2D eigenvalue weighted by molar-refractivity contribution is 7.92. The molecule has 150 valence electrons. The number of nitrogens with one attached hydrogen (secondary N) is 1. The van der Waals surface area contributed by atoms with Crippen LogP contribution in [0.15, 0.2) is 24.3 Å². The summed E-state index contributed by atoms with van der Waals surface area (Å²) in [6.07, 6.45) is 2.75. The minimum Gasteiger partial charge on any atom is -0.494 e. The van der Waals surface area contributed by atoms with E-state index in [1.807, 2.05) is 0 Å². The van der Waals surface area contributed by atoms with Crippen LogP contribution in [0.25, 0.3) is 0 Å². The molecule has 7 nitrogen and oxygen atoms in total. The molecule has 2 amide bonds. The Labute approximate surface area is 161 Å². The maximum Gasteiger partial charge on any atom is 0.253 e. The molecule has 1 aliphatic heterocycles. The maximum atomic E-state index is 12.6. The fourth-order valence-electron chi connectivity index (χ4n) is 3.00. The average molecular weight is 397 g/mol. The average Bonchev–Trinajstić information content (AvgIpc) is 2.68. The third kappa shape index (κ3) is 5.95. The second kappa shape index (κ2) is 9.73. The summed E-state index contributed by atoms with van der Waals surface area (Å²) >= 11 is 0. The number of amides is 2. The van der Waals surface area contributed by atoms with Crippen molar-refractivity contribution in [3.8, 4) is 5.75 Å².